The number of piperidine rings is 1. The van der Waals surface area contributed by atoms with Crippen molar-refractivity contribution in [1.29, 1.82) is 0 Å². The Morgan fingerprint density at radius 2 is 1.43 bits per heavy atom. The normalized spacial score (nSPS) is 19.0. The van der Waals surface area contributed by atoms with E-state index >= 15 is 0 Å². The second-order valence-corrected chi connectivity index (χ2v) is 12.4. The van der Waals surface area contributed by atoms with Crippen molar-refractivity contribution in [2.45, 2.75) is 83.0 Å². The van der Waals surface area contributed by atoms with Crippen molar-refractivity contribution < 1.29 is 48.7 Å². The summed E-state index contributed by atoms with van der Waals surface area (Å²) in [7, 11) is 0. The predicted octanol–water partition coefficient (Wildman–Crippen LogP) is 10.6. The molecule has 1 fully saturated rings. The number of hydrogen-bond acceptors (Lipinski definition) is 2. The molecule has 0 aliphatic carbocycles. The maximum Gasteiger partial charge on any atom is 0.416 e. The van der Waals surface area contributed by atoms with Gasteiger partial charge in [0.25, 0.3) is 0 Å². The first kappa shape index (κ1) is 35.4. The van der Waals surface area contributed by atoms with E-state index in [1.807, 2.05) is 13.8 Å². The zero-order valence-electron chi connectivity index (χ0n) is 25.3. The van der Waals surface area contributed by atoms with E-state index in [2.05, 4.69) is 0 Å². The molecule has 0 amide bonds. The lowest BCUT2D eigenvalue weighted by Crippen LogP contribution is -2.50. The molecule has 3 atom stereocenters. The van der Waals surface area contributed by atoms with Gasteiger partial charge < -0.3 is 0 Å². The van der Waals surface area contributed by atoms with Crippen LogP contribution in [-0.2, 0) is 23.7 Å². The first-order valence-corrected chi connectivity index (χ1v) is 14.7. The Bertz CT molecular complexity index is 1520. The summed E-state index contributed by atoms with van der Waals surface area (Å²) in [4.78, 5) is 13.7. The molecular weight excluding hydrogens is 628 g/mol. The summed E-state index contributed by atoms with van der Waals surface area (Å²) in [5.74, 6) is -2.44. The molecule has 12 heteroatoms. The molecule has 3 unspecified atom stereocenters. The van der Waals surface area contributed by atoms with Crippen LogP contribution in [0.5, 0.6) is 0 Å². The fourth-order valence-electron chi connectivity index (χ4n) is 6.14. The molecule has 1 heterocycles. The van der Waals surface area contributed by atoms with Crippen LogP contribution >= 0.6 is 0 Å². The summed E-state index contributed by atoms with van der Waals surface area (Å²) in [6, 6.07) is 9.19. The number of benzene rings is 3. The molecule has 0 saturated carbocycles. The van der Waals surface area contributed by atoms with Gasteiger partial charge in [-0.05, 0) is 96.2 Å². The first-order chi connectivity index (χ1) is 21.2. The quantitative estimate of drug-likeness (QED) is 0.224. The van der Waals surface area contributed by atoms with Gasteiger partial charge in [0.2, 0.25) is 0 Å². The third-order valence-corrected chi connectivity index (χ3v) is 8.33. The van der Waals surface area contributed by atoms with Gasteiger partial charge in [0.05, 0.1) is 11.1 Å². The van der Waals surface area contributed by atoms with Crippen LogP contribution in [0.25, 0.3) is 11.1 Å². The SMILES string of the molecule is CC(=O)C(CC(C)C)c1cc(-c2ccc(C(F)(F)F)cc2)cc(C2CCC(C(F)(F)F)N(Cc3cc(F)cc(C(F)(F)F)c3)C2)c1. The molecule has 3 aromatic rings. The molecule has 0 spiro atoms. The number of Topliss-reactive ketones (excluding diaryl/α,β-unsaturated/α-hetero) is 1. The Kier molecular flexibility index (Phi) is 10.3. The fourth-order valence-corrected chi connectivity index (χ4v) is 6.14. The second-order valence-electron chi connectivity index (χ2n) is 12.4. The highest BCUT2D eigenvalue weighted by Gasteiger charge is 2.46. The second kappa shape index (κ2) is 13.4. The van der Waals surface area contributed by atoms with E-state index in [0.717, 1.165) is 23.1 Å². The highest BCUT2D eigenvalue weighted by Crippen LogP contribution is 2.41. The number of hydrogen-bond donors (Lipinski definition) is 0. The maximum atomic E-state index is 14.1. The third kappa shape index (κ3) is 8.68. The van der Waals surface area contributed by atoms with Crippen molar-refractivity contribution in [3.63, 3.8) is 0 Å². The molecule has 0 N–H and O–H groups in total. The molecule has 1 saturated heterocycles. The van der Waals surface area contributed by atoms with E-state index in [9.17, 15) is 48.7 Å². The molecule has 2 nitrogen and oxygen atoms in total. The van der Waals surface area contributed by atoms with Gasteiger partial charge in [-0.2, -0.15) is 39.5 Å². The summed E-state index contributed by atoms with van der Waals surface area (Å²) >= 11 is 0. The van der Waals surface area contributed by atoms with E-state index in [-0.39, 0.29) is 36.3 Å². The molecule has 250 valence electrons. The van der Waals surface area contributed by atoms with Crippen LogP contribution in [0.15, 0.2) is 60.7 Å². The molecule has 3 aromatic carbocycles. The Hall–Kier alpha value is -3.41. The largest absolute Gasteiger partial charge is 0.416 e. The van der Waals surface area contributed by atoms with Gasteiger partial charge in [0, 0.05) is 19.0 Å². The van der Waals surface area contributed by atoms with Crippen molar-refractivity contribution >= 4 is 5.78 Å². The molecule has 0 aromatic heterocycles. The minimum atomic E-state index is -4.90. The Balaban J connectivity index is 1.77. The summed E-state index contributed by atoms with van der Waals surface area (Å²) in [6.07, 6.45) is -14.1. The van der Waals surface area contributed by atoms with Gasteiger partial charge in [-0.1, -0.05) is 44.2 Å². The van der Waals surface area contributed by atoms with Crippen molar-refractivity contribution in [3.8, 4) is 11.1 Å². The van der Waals surface area contributed by atoms with Crippen molar-refractivity contribution in [2.75, 3.05) is 6.54 Å². The molecule has 0 radical (unpaired) electrons. The van der Waals surface area contributed by atoms with Gasteiger partial charge in [-0.3, -0.25) is 9.69 Å². The van der Waals surface area contributed by atoms with E-state index in [4.69, 9.17) is 0 Å². The van der Waals surface area contributed by atoms with Crippen molar-refractivity contribution in [2.24, 2.45) is 5.92 Å². The van der Waals surface area contributed by atoms with Crippen LogP contribution in [0.2, 0.25) is 0 Å². The van der Waals surface area contributed by atoms with Crippen LogP contribution in [0.3, 0.4) is 0 Å². The van der Waals surface area contributed by atoms with Crippen LogP contribution in [0.1, 0.15) is 79.7 Å². The fraction of sp³-hybridized carbons (Fsp3) is 0.441. The number of ketones is 1. The van der Waals surface area contributed by atoms with E-state index in [1.165, 1.54) is 19.1 Å². The highest BCUT2D eigenvalue weighted by molar-refractivity contribution is 5.84. The Morgan fingerprint density at radius 1 is 0.804 bits per heavy atom. The van der Waals surface area contributed by atoms with Crippen LogP contribution in [0, 0.1) is 11.7 Å². The number of likely N-dealkylation sites (tertiary alicyclic amines) is 1. The van der Waals surface area contributed by atoms with Crippen LogP contribution in [0.4, 0.5) is 43.9 Å². The van der Waals surface area contributed by atoms with Crippen LogP contribution < -0.4 is 0 Å². The van der Waals surface area contributed by atoms with Gasteiger partial charge >= 0.3 is 18.5 Å². The van der Waals surface area contributed by atoms with E-state index in [1.54, 1.807) is 18.2 Å². The minimum Gasteiger partial charge on any atom is -0.299 e. The molecule has 1 aliphatic rings. The molecular formula is C34H33F10NO. The number of alkyl halides is 9. The van der Waals surface area contributed by atoms with Gasteiger partial charge in [-0.15, -0.1) is 0 Å². The standard InChI is InChI=1S/C34H33F10NO/c1-19(2)10-30(20(3)46)26-14-24(22-4-7-27(8-5-22)32(36,37)38)13-25(15-26)23-6-9-31(34(42,43)44)45(18-23)17-21-11-28(33(39,40)41)16-29(35)12-21/h4-5,7-8,11-16,19,23,30-31H,6,9-10,17-18H2,1-3H3. The lowest BCUT2D eigenvalue weighted by molar-refractivity contribution is -0.194. The average Bonchev–Trinajstić information content (AvgIpc) is 2.93. The molecule has 4 rings (SSSR count). The van der Waals surface area contributed by atoms with E-state index in [0.29, 0.717) is 34.7 Å². The minimum absolute atomic E-state index is 0.0441. The summed E-state index contributed by atoms with van der Waals surface area (Å²) in [5.41, 5.74) is -0.449. The average molecular weight is 662 g/mol. The first-order valence-electron chi connectivity index (χ1n) is 14.7. The smallest absolute Gasteiger partial charge is 0.299 e. The summed E-state index contributed by atoms with van der Waals surface area (Å²) < 4.78 is 136. The maximum absolute atomic E-state index is 14.1. The summed E-state index contributed by atoms with van der Waals surface area (Å²) in [5, 5.41) is 0. The Labute approximate surface area is 260 Å². The zero-order chi connectivity index (χ0) is 34.2. The zero-order valence-corrected chi connectivity index (χ0v) is 25.3. The van der Waals surface area contributed by atoms with Crippen molar-refractivity contribution in [3.05, 3.63) is 94.3 Å². The lowest BCUT2D eigenvalue weighted by Gasteiger charge is -2.41. The number of nitrogens with zero attached hydrogens (tertiary/aromatic N) is 1. The number of halogens is 10. The highest BCUT2D eigenvalue weighted by atomic mass is 19.4. The van der Waals surface area contributed by atoms with Gasteiger partial charge in [0.1, 0.15) is 17.6 Å². The molecule has 46 heavy (non-hydrogen) atoms. The number of rotatable bonds is 8. The van der Waals surface area contributed by atoms with Crippen LogP contribution in [-0.4, -0.2) is 29.4 Å². The molecule has 0 bridgehead atoms. The number of carbonyl (C=O) groups is 1. The lowest BCUT2D eigenvalue weighted by atomic mass is 9.81. The number of carbonyl (C=O) groups excluding carboxylic acids is 1. The molecule has 1 aliphatic heterocycles. The van der Waals surface area contributed by atoms with Crippen molar-refractivity contribution in [1.82, 2.24) is 4.90 Å². The topological polar surface area (TPSA) is 20.3 Å². The van der Waals surface area contributed by atoms with E-state index < -0.39 is 66.3 Å². The third-order valence-electron chi connectivity index (χ3n) is 8.33. The predicted molar refractivity (Wildman–Crippen MR) is 153 cm³/mol. The monoisotopic (exact) mass is 661 g/mol. The Morgan fingerprint density at radius 3 is 1.98 bits per heavy atom. The van der Waals surface area contributed by atoms with Gasteiger partial charge in [0.15, 0.2) is 0 Å². The summed E-state index contributed by atoms with van der Waals surface area (Å²) in [6.45, 7) is 4.41. The van der Waals surface area contributed by atoms with Gasteiger partial charge in [-0.25, -0.2) is 4.39 Å².